The number of fused-ring (bicyclic) bond motifs is 1. The van der Waals surface area contributed by atoms with Crippen LogP contribution in [0.5, 0.6) is 0 Å². The van der Waals surface area contributed by atoms with Crippen molar-refractivity contribution < 1.29 is 4.79 Å². The van der Waals surface area contributed by atoms with Crippen molar-refractivity contribution in [3.8, 4) is 0 Å². The predicted octanol–water partition coefficient (Wildman–Crippen LogP) is 3.64. The number of carbonyl (C=O) groups excluding carboxylic acids is 1. The summed E-state index contributed by atoms with van der Waals surface area (Å²) in [6.45, 7) is 5.27. The van der Waals surface area contributed by atoms with Crippen molar-refractivity contribution in [2.24, 2.45) is 17.8 Å². The van der Waals surface area contributed by atoms with Crippen LogP contribution < -0.4 is 0 Å². The molecule has 1 amide bonds. The van der Waals surface area contributed by atoms with Gasteiger partial charge in [-0.1, -0.05) is 37.1 Å². The van der Waals surface area contributed by atoms with E-state index in [-0.39, 0.29) is 0 Å². The first-order chi connectivity index (χ1) is 11.6. The third-order valence-electron chi connectivity index (χ3n) is 6.69. The topological polar surface area (TPSA) is 23.6 Å². The first-order valence-corrected chi connectivity index (χ1v) is 9.67. The van der Waals surface area contributed by atoms with Crippen LogP contribution >= 0.6 is 0 Å². The number of hydrogen-bond acceptors (Lipinski definition) is 2. The summed E-state index contributed by atoms with van der Waals surface area (Å²) in [6, 6.07) is 9.25. The van der Waals surface area contributed by atoms with Gasteiger partial charge >= 0.3 is 0 Å². The number of benzene rings is 1. The highest BCUT2D eigenvalue weighted by Crippen LogP contribution is 2.45. The van der Waals surface area contributed by atoms with Gasteiger partial charge in [0.15, 0.2) is 0 Å². The zero-order valence-electron chi connectivity index (χ0n) is 15.1. The lowest BCUT2D eigenvalue weighted by Gasteiger charge is -2.28. The van der Waals surface area contributed by atoms with Gasteiger partial charge in [-0.05, 0) is 49.8 Å². The molecule has 3 heteroatoms. The second-order valence-corrected chi connectivity index (χ2v) is 8.32. The summed E-state index contributed by atoms with van der Waals surface area (Å²) in [5.74, 6) is 2.33. The van der Waals surface area contributed by atoms with Gasteiger partial charge in [-0.2, -0.15) is 0 Å². The average molecular weight is 326 g/mol. The van der Waals surface area contributed by atoms with E-state index in [1.807, 2.05) is 0 Å². The van der Waals surface area contributed by atoms with Gasteiger partial charge in [0.25, 0.3) is 0 Å². The molecule has 0 N–H and O–H groups in total. The summed E-state index contributed by atoms with van der Waals surface area (Å²) in [5.41, 5.74) is 2.84. The monoisotopic (exact) mass is 326 g/mol. The zero-order chi connectivity index (χ0) is 16.7. The molecule has 1 aromatic carbocycles. The summed E-state index contributed by atoms with van der Waals surface area (Å²) < 4.78 is 0. The third-order valence-corrected chi connectivity index (χ3v) is 6.69. The molecule has 4 rings (SSSR count). The van der Waals surface area contributed by atoms with E-state index in [0.717, 1.165) is 26.1 Å². The van der Waals surface area contributed by atoms with Crippen LogP contribution in [0.25, 0.3) is 0 Å². The summed E-state index contributed by atoms with van der Waals surface area (Å²) in [4.78, 5) is 17.4. The number of likely N-dealkylation sites (tertiary alicyclic amines) is 2. The van der Waals surface area contributed by atoms with Gasteiger partial charge in [0, 0.05) is 38.0 Å². The van der Waals surface area contributed by atoms with E-state index < -0.39 is 0 Å². The maximum atomic E-state index is 12.7. The Hall–Kier alpha value is -1.35. The molecular formula is C21H30N2O. The Morgan fingerprint density at radius 3 is 2.62 bits per heavy atom. The largest absolute Gasteiger partial charge is 0.342 e. The molecule has 3 aliphatic rings. The van der Waals surface area contributed by atoms with E-state index in [0.29, 0.717) is 29.7 Å². The highest BCUT2D eigenvalue weighted by atomic mass is 16.2. The van der Waals surface area contributed by atoms with Gasteiger partial charge in [0.05, 0.1) is 0 Å². The Morgan fingerprint density at radius 2 is 1.88 bits per heavy atom. The van der Waals surface area contributed by atoms with Crippen molar-refractivity contribution in [3.05, 3.63) is 35.4 Å². The molecular weight excluding hydrogens is 296 g/mol. The lowest BCUT2D eigenvalue weighted by molar-refractivity contribution is -0.131. The van der Waals surface area contributed by atoms with E-state index in [4.69, 9.17) is 0 Å². The minimum atomic E-state index is 0.419. The molecule has 1 saturated carbocycles. The first kappa shape index (κ1) is 16.1. The number of rotatable bonds is 3. The Labute approximate surface area is 146 Å². The molecule has 0 spiro atoms. The van der Waals surface area contributed by atoms with E-state index in [1.54, 1.807) is 0 Å². The fraction of sp³-hybridized carbons (Fsp3) is 0.667. The van der Waals surface area contributed by atoms with Crippen LogP contribution in [0.2, 0.25) is 0 Å². The first-order valence-electron chi connectivity index (χ1n) is 9.67. The van der Waals surface area contributed by atoms with Crippen LogP contribution in [-0.4, -0.2) is 42.4 Å². The maximum absolute atomic E-state index is 12.7. The standard InChI is InChI=1S/C21H30N2O/c1-15-7-3-6-10-18(15)21-19-14-23(13-17(19)12-22(21)2)20(24)11-16-8-4-5-9-16/h3,6-7,10,16-17,19,21H,4-5,8-9,11-14H2,1-2H3/t17-,19+,21-/m0/s1. The molecule has 0 aromatic heterocycles. The number of amides is 1. The van der Waals surface area contributed by atoms with Crippen LogP contribution in [0, 0.1) is 24.7 Å². The van der Waals surface area contributed by atoms with Crippen LogP contribution in [-0.2, 0) is 4.79 Å². The van der Waals surface area contributed by atoms with Crippen molar-refractivity contribution >= 4 is 5.91 Å². The molecule has 1 aromatic rings. The lowest BCUT2D eigenvalue weighted by Crippen LogP contribution is -2.34. The minimum Gasteiger partial charge on any atom is -0.342 e. The molecule has 24 heavy (non-hydrogen) atoms. The quantitative estimate of drug-likeness (QED) is 0.847. The van der Waals surface area contributed by atoms with E-state index in [9.17, 15) is 4.79 Å². The van der Waals surface area contributed by atoms with Gasteiger partial charge in [-0.25, -0.2) is 0 Å². The van der Waals surface area contributed by atoms with Crippen molar-refractivity contribution in [1.82, 2.24) is 9.80 Å². The molecule has 1 aliphatic carbocycles. The summed E-state index contributed by atoms with van der Waals surface area (Å²) in [7, 11) is 2.25. The van der Waals surface area contributed by atoms with Crippen molar-refractivity contribution in [2.75, 3.05) is 26.7 Å². The SMILES string of the molecule is Cc1ccccc1[C@H]1[C@@H]2CN(C(=O)CC3CCCC3)C[C@@H]2CN1C. The van der Waals surface area contributed by atoms with Crippen LogP contribution in [0.15, 0.2) is 24.3 Å². The number of carbonyl (C=O) groups is 1. The highest BCUT2D eigenvalue weighted by Gasteiger charge is 2.47. The molecule has 2 saturated heterocycles. The predicted molar refractivity (Wildman–Crippen MR) is 96.7 cm³/mol. The Bertz CT molecular complexity index is 608. The zero-order valence-corrected chi connectivity index (χ0v) is 15.1. The third kappa shape index (κ3) is 2.88. The molecule has 130 valence electrons. The van der Waals surface area contributed by atoms with E-state index in [2.05, 4.69) is 48.0 Å². The molecule has 2 heterocycles. The maximum Gasteiger partial charge on any atom is 0.222 e. The molecule has 3 fully saturated rings. The summed E-state index contributed by atoms with van der Waals surface area (Å²) >= 11 is 0. The Balaban J connectivity index is 1.46. The van der Waals surface area contributed by atoms with Crippen molar-refractivity contribution in [2.45, 2.75) is 45.1 Å². The molecule has 0 bridgehead atoms. The number of aryl methyl sites for hydroxylation is 1. The van der Waals surface area contributed by atoms with E-state index >= 15 is 0 Å². The van der Waals surface area contributed by atoms with Gasteiger partial charge in [-0.15, -0.1) is 0 Å². The van der Waals surface area contributed by atoms with Gasteiger partial charge in [0.2, 0.25) is 5.91 Å². The normalized spacial score (nSPS) is 30.9. The van der Waals surface area contributed by atoms with Gasteiger partial charge in [0.1, 0.15) is 0 Å². The fourth-order valence-corrected chi connectivity index (χ4v) is 5.44. The van der Waals surface area contributed by atoms with Crippen molar-refractivity contribution in [1.29, 1.82) is 0 Å². The number of hydrogen-bond donors (Lipinski definition) is 0. The smallest absolute Gasteiger partial charge is 0.222 e. The van der Waals surface area contributed by atoms with Gasteiger partial charge in [-0.3, -0.25) is 9.69 Å². The Kier molecular flexibility index (Phi) is 4.38. The molecule has 3 atom stereocenters. The second-order valence-electron chi connectivity index (χ2n) is 8.32. The van der Waals surface area contributed by atoms with Crippen LogP contribution in [0.4, 0.5) is 0 Å². The molecule has 2 aliphatic heterocycles. The number of nitrogens with zero attached hydrogens (tertiary/aromatic N) is 2. The van der Waals surface area contributed by atoms with Crippen molar-refractivity contribution in [3.63, 3.8) is 0 Å². The summed E-state index contributed by atoms with van der Waals surface area (Å²) in [6.07, 6.45) is 5.97. The second kappa shape index (κ2) is 6.51. The average Bonchev–Trinajstić information content (AvgIpc) is 3.24. The van der Waals surface area contributed by atoms with E-state index in [1.165, 1.54) is 36.8 Å². The molecule has 0 radical (unpaired) electrons. The van der Waals surface area contributed by atoms with Crippen LogP contribution in [0.1, 0.15) is 49.3 Å². The minimum absolute atomic E-state index is 0.419. The lowest BCUT2D eigenvalue weighted by atomic mass is 9.88. The highest BCUT2D eigenvalue weighted by molar-refractivity contribution is 5.77. The van der Waals surface area contributed by atoms with Gasteiger partial charge < -0.3 is 4.90 Å². The molecule has 0 unspecified atom stereocenters. The fourth-order valence-electron chi connectivity index (χ4n) is 5.44. The van der Waals surface area contributed by atoms with Crippen LogP contribution in [0.3, 0.4) is 0 Å². The summed E-state index contributed by atoms with van der Waals surface area (Å²) in [5, 5.41) is 0. The Morgan fingerprint density at radius 1 is 1.12 bits per heavy atom. The molecule has 3 nitrogen and oxygen atoms in total.